The number of carbonyl (C=O) groups is 1. The molecule has 1 amide bonds. The third-order valence-electron chi connectivity index (χ3n) is 4.99. The highest BCUT2D eigenvalue weighted by Gasteiger charge is 2.26. The van der Waals surface area contributed by atoms with Crippen molar-refractivity contribution in [1.82, 2.24) is 20.3 Å². The van der Waals surface area contributed by atoms with Crippen LogP contribution in [0.15, 0.2) is 24.7 Å². The largest absolute Gasteiger partial charge is 0.378 e. The average molecular weight is 341 g/mol. The number of rotatable bonds is 4. The van der Waals surface area contributed by atoms with Crippen molar-refractivity contribution in [3.05, 3.63) is 41.6 Å². The summed E-state index contributed by atoms with van der Waals surface area (Å²) in [5.41, 5.74) is 3.25. The molecule has 2 aliphatic rings. The van der Waals surface area contributed by atoms with Crippen molar-refractivity contribution < 1.29 is 9.53 Å². The van der Waals surface area contributed by atoms with Gasteiger partial charge in [-0.15, -0.1) is 0 Å². The van der Waals surface area contributed by atoms with Gasteiger partial charge in [0.25, 0.3) is 0 Å². The van der Waals surface area contributed by atoms with Crippen molar-refractivity contribution >= 4 is 11.7 Å². The number of nitrogens with zero attached hydrogens (tertiary/aromatic N) is 3. The zero-order chi connectivity index (χ0) is 17.1. The molecule has 2 aromatic rings. The van der Waals surface area contributed by atoms with Crippen LogP contribution in [0.4, 0.5) is 5.82 Å². The van der Waals surface area contributed by atoms with E-state index in [4.69, 9.17) is 4.74 Å². The molecule has 25 heavy (non-hydrogen) atoms. The molecule has 1 fully saturated rings. The van der Waals surface area contributed by atoms with Gasteiger partial charge >= 0.3 is 0 Å². The quantitative estimate of drug-likeness (QED) is 0.869. The monoisotopic (exact) mass is 341 g/mol. The zero-order valence-electron chi connectivity index (χ0n) is 14.2. The second-order valence-corrected chi connectivity index (χ2v) is 6.57. The van der Waals surface area contributed by atoms with Crippen LogP contribution < -0.4 is 10.2 Å². The number of hydrogen-bond acceptors (Lipinski definition) is 5. The molecule has 132 valence electrons. The lowest BCUT2D eigenvalue weighted by Gasteiger charge is -2.29. The Morgan fingerprint density at radius 2 is 2.24 bits per heavy atom. The molecule has 0 aromatic carbocycles. The molecule has 0 radical (unpaired) electrons. The molecule has 3 heterocycles. The Labute approximate surface area is 146 Å². The number of aromatic nitrogens is 3. The molecule has 7 nitrogen and oxygen atoms in total. The van der Waals surface area contributed by atoms with Crippen LogP contribution in [0.1, 0.15) is 23.4 Å². The van der Waals surface area contributed by atoms with E-state index in [2.05, 4.69) is 25.2 Å². The molecule has 2 N–H and O–H groups in total. The van der Waals surface area contributed by atoms with Gasteiger partial charge in [-0.1, -0.05) is 6.07 Å². The summed E-state index contributed by atoms with van der Waals surface area (Å²) in [6, 6.07) is 3.95. The second kappa shape index (κ2) is 7.23. The predicted molar refractivity (Wildman–Crippen MR) is 93.2 cm³/mol. The van der Waals surface area contributed by atoms with Crippen molar-refractivity contribution in [3.8, 4) is 0 Å². The van der Waals surface area contributed by atoms with E-state index < -0.39 is 0 Å². The molecule has 2 aromatic heterocycles. The summed E-state index contributed by atoms with van der Waals surface area (Å²) < 4.78 is 5.41. The number of aryl methyl sites for hydroxylation is 1. The lowest BCUT2D eigenvalue weighted by molar-refractivity contribution is -0.125. The van der Waals surface area contributed by atoms with E-state index >= 15 is 0 Å². The number of morpholine rings is 1. The van der Waals surface area contributed by atoms with E-state index in [1.807, 2.05) is 12.1 Å². The summed E-state index contributed by atoms with van der Waals surface area (Å²) in [6.45, 7) is 3.62. The fourth-order valence-corrected chi connectivity index (χ4v) is 3.58. The highest BCUT2D eigenvalue weighted by Crippen LogP contribution is 2.23. The first-order chi connectivity index (χ1) is 12.3. The lowest BCUT2D eigenvalue weighted by atomic mass is 9.89. The van der Waals surface area contributed by atoms with E-state index in [0.717, 1.165) is 68.3 Å². The number of pyridine rings is 1. The molecule has 4 rings (SSSR count). The molecule has 0 unspecified atom stereocenters. The van der Waals surface area contributed by atoms with Crippen molar-refractivity contribution in [2.75, 3.05) is 31.2 Å². The number of ether oxygens (including phenoxy) is 1. The number of H-pyrrole nitrogens is 1. The summed E-state index contributed by atoms with van der Waals surface area (Å²) in [5, 5.41) is 3.10. The Balaban J connectivity index is 1.39. The molecule has 1 aliphatic carbocycles. The molecule has 1 atom stereocenters. The first-order valence-corrected chi connectivity index (χ1v) is 8.86. The van der Waals surface area contributed by atoms with Crippen LogP contribution in [0.5, 0.6) is 0 Å². The maximum Gasteiger partial charge on any atom is 0.223 e. The minimum atomic E-state index is 0.0106. The highest BCUT2D eigenvalue weighted by atomic mass is 16.5. The molecular weight excluding hydrogens is 318 g/mol. The van der Waals surface area contributed by atoms with Gasteiger partial charge in [0.15, 0.2) is 0 Å². The molecule has 0 saturated carbocycles. The summed E-state index contributed by atoms with van der Waals surface area (Å²) in [6.07, 6.45) is 5.98. The normalized spacial score (nSPS) is 20.2. The fraction of sp³-hybridized carbons (Fsp3) is 0.500. The van der Waals surface area contributed by atoms with Gasteiger partial charge in [-0.25, -0.2) is 9.97 Å². The number of carbonyl (C=O) groups excluding carboxylic acids is 1. The highest BCUT2D eigenvalue weighted by molar-refractivity contribution is 5.79. The summed E-state index contributed by atoms with van der Waals surface area (Å²) in [5.74, 6) is 1.07. The molecular formula is C18H23N5O2. The first kappa shape index (κ1) is 16.1. The summed E-state index contributed by atoms with van der Waals surface area (Å²) in [4.78, 5) is 26.8. The maximum absolute atomic E-state index is 12.6. The summed E-state index contributed by atoms with van der Waals surface area (Å²) in [7, 11) is 0. The van der Waals surface area contributed by atoms with Gasteiger partial charge in [0.05, 0.1) is 25.2 Å². The third kappa shape index (κ3) is 3.51. The SMILES string of the molecule is O=C(NCc1cccnc1N1CCOCC1)[C@@H]1CCc2nc[nH]c2C1. The lowest BCUT2D eigenvalue weighted by Crippen LogP contribution is -2.38. The zero-order valence-corrected chi connectivity index (χ0v) is 14.2. The number of nitrogens with one attached hydrogen (secondary N) is 2. The van der Waals surface area contributed by atoms with Crippen LogP contribution in [0.25, 0.3) is 0 Å². The van der Waals surface area contributed by atoms with Gasteiger partial charge in [0.1, 0.15) is 5.82 Å². The van der Waals surface area contributed by atoms with Gasteiger partial charge < -0.3 is 19.9 Å². The molecule has 1 saturated heterocycles. The number of amides is 1. The molecule has 1 aliphatic heterocycles. The maximum atomic E-state index is 12.6. The number of fused-ring (bicyclic) bond motifs is 1. The van der Waals surface area contributed by atoms with Crippen LogP contribution in [-0.2, 0) is 28.9 Å². The molecule has 0 spiro atoms. The van der Waals surface area contributed by atoms with Crippen molar-refractivity contribution in [2.45, 2.75) is 25.8 Å². The van der Waals surface area contributed by atoms with Crippen LogP contribution in [0.2, 0.25) is 0 Å². The number of aromatic amines is 1. The van der Waals surface area contributed by atoms with Gasteiger partial charge in [-0.2, -0.15) is 0 Å². The Morgan fingerprint density at radius 3 is 3.12 bits per heavy atom. The first-order valence-electron chi connectivity index (χ1n) is 8.86. The predicted octanol–water partition coefficient (Wildman–Crippen LogP) is 1.06. The third-order valence-corrected chi connectivity index (χ3v) is 4.99. The van der Waals surface area contributed by atoms with E-state index in [1.165, 1.54) is 0 Å². The van der Waals surface area contributed by atoms with E-state index in [1.54, 1.807) is 12.5 Å². The second-order valence-electron chi connectivity index (χ2n) is 6.57. The van der Waals surface area contributed by atoms with Crippen molar-refractivity contribution in [3.63, 3.8) is 0 Å². The Morgan fingerprint density at radius 1 is 1.36 bits per heavy atom. The van der Waals surface area contributed by atoms with E-state index in [9.17, 15) is 4.79 Å². The molecule has 0 bridgehead atoms. The summed E-state index contributed by atoms with van der Waals surface area (Å²) >= 11 is 0. The van der Waals surface area contributed by atoms with Gasteiger partial charge in [-0.05, 0) is 18.9 Å². The average Bonchev–Trinajstić information content (AvgIpc) is 3.15. The minimum absolute atomic E-state index is 0.0106. The Kier molecular flexibility index (Phi) is 4.65. The number of anilines is 1. The van der Waals surface area contributed by atoms with Crippen LogP contribution >= 0.6 is 0 Å². The van der Waals surface area contributed by atoms with Crippen molar-refractivity contribution in [2.24, 2.45) is 5.92 Å². The molecule has 7 heteroatoms. The van der Waals surface area contributed by atoms with Gasteiger partial charge in [-0.3, -0.25) is 4.79 Å². The fourth-order valence-electron chi connectivity index (χ4n) is 3.58. The van der Waals surface area contributed by atoms with E-state index in [0.29, 0.717) is 6.54 Å². The smallest absolute Gasteiger partial charge is 0.223 e. The minimum Gasteiger partial charge on any atom is -0.378 e. The topological polar surface area (TPSA) is 83.1 Å². The van der Waals surface area contributed by atoms with Crippen LogP contribution in [0, 0.1) is 5.92 Å². The van der Waals surface area contributed by atoms with Gasteiger partial charge in [0.2, 0.25) is 5.91 Å². The number of imidazole rings is 1. The van der Waals surface area contributed by atoms with Crippen molar-refractivity contribution in [1.29, 1.82) is 0 Å². The Bertz CT molecular complexity index is 739. The standard InChI is InChI=1S/C18H23N5O2/c24-18(13-3-4-15-16(10-13)22-12-21-15)20-11-14-2-1-5-19-17(14)23-6-8-25-9-7-23/h1-2,5,12-13H,3-4,6-11H2,(H,20,24)(H,21,22)/t13-/m1/s1. The Hall–Kier alpha value is -2.41. The van der Waals surface area contributed by atoms with Crippen LogP contribution in [0.3, 0.4) is 0 Å². The number of hydrogen-bond donors (Lipinski definition) is 2. The van der Waals surface area contributed by atoms with E-state index in [-0.39, 0.29) is 11.8 Å². The van der Waals surface area contributed by atoms with Gasteiger partial charge in [0, 0.05) is 49.4 Å². The van der Waals surface area contributed by atoms with Crippen LogP contribution in [-0.4, -0.2) is 47.2 Å².